The number of ketones is 1. The van der Waals surface area contributed by atoms with Gasteiger partial charge in [-0.3, -0.25) is 4.79 Å². The highest BCUT2D eigenvalue weighted by Crippen LogP contribution is 1.95. The number of carbonyl (C=O) groups is 2. The summed E-state index contributed by atoms with van der Waals surface area (Å²) in [5, 5.41) is 8.06. The van der Waals surface area contributed by atoms with Gasteiger partial charge in [0.2, 0.25) is 0 Å². The van der Waals surface area contributed by atoms with Gasteiger partial charge in [-0.1, -0.05) is 13.3 Å². The molecule has 0 aromatic rings. The molecule has 1 N–H and O–H groups in total. The first-order chi connectivity index (χ1) is 7.40. The zero-order valence-electron chi connectivity index (χ0n) is 10.8. The van der Waals surface area contributed by atoms with Gasteiger partial charge in [-0.25, -0.2) is 0 Å². The van der Waals surface area contributed by atoms with E-state index in [9.17, 15) is 9.59 Å². The first-order valence-electron chi connectivity index (χ1n) is 5.73. The zero-order valence-corrected chi connectivity index (χ0v) is 10.8. The lowest BCUT2D eigenvalue weighted by molar-refractivity contribution is -0.144. The fourth-order valence-corrected chi connectivity index (χ4v) is 0.681. The smallest absolute Gasteiger partial charge is 0.306 e. The van der Waals surface area contributed by atoms with Crippen LogP contribution >= 0.6 is 0 Å². The standard InChI is InChI=1S/C9H16O3.C3H8O/c1-3-4-7-12-9(11)6-5-8(2)10;1-3(2)4/h3-7H2,1-2H3;3-4H,1-2H3. The predicted molar refractivity (Wildman–Crippen MR) is 63.1 cm³/mol. The van der Waals surface area contributed by atoms with Crippen molar-refractivity contribution in [3.63, 3.8) is 0 Å². The van der Waals surface area contributed by atoms with Gasteiger partial charge in [-0.05, 0) is 27.2 Å². The third-order valence-corrected chi connectivity index (χ3v) is 1.44. The van der Waals surface area contributed by atoms with E-state index in [0.717, 1.165) is 12.8 Å². The highest BCUT2D eigenvalue weighted by Gasteiger charge is 2.03. The number of unbranched alkanes of at least 4 members (excludes halogenated alkanes) is 1. The number of esters is 1. The predicted octanol–water partition coefficient (Wildman–Crippen LogP) is 2.09. The van der Waals surface area contributed by atoms with E-state index in [0.29, 0.717) is 13.0 Å². The Bertz CT molecular complexity index is 185. The summed E-state index contributed by atoms with van der Waals surface area (Å²) in [6, 6.07) is 0. The molecule has 0 bridgehead atoms. The van der Waals surface area contributed by atoms with Gasteiger partial charge in [-0.2, -0.15) is 0 Å². The molecule has 4 heteroatoms. The van der Waals surface area contributed by atoms with Gasteiger partial charge in [0.15, 0.2) is 0 Å². The van der Waals surface area contributed by atoms with Gasteiger partial charge in [0, 0.05) is 12.5 Å². The van der Waals surface area contributed by atoms with Gasteiger partial charge in [0.1, 0.15) is 5.78 Å². The second kappa shape index (κ2) is 12.2. The van der Waals surface area contributed by atoms with E-state index in [1.807, 2.05) is 6.92 Å². The van der Waals surface area contributed by atoms with E-state index < -0.39 is 0 Å². The number of aliphatic hydroxyl groups is 1. The Labute approximate surface area is 98.0 Å². The van der Waals surface area contributed by atoms with Crippen molar-refractivity contribution >= 4 is 11.8 Å². The average molecular weight is 232 g/mol. The Balaban J connectivity index is 0. The maximum Gasteiger partial charge on any atom is 0.306 e. The molecule has 16 heavy (non-hydrogen) atoms. The largest absolute Gasteiger partial charge is 0.466 e. The molecule has 0 radical (unpaired) electrons. The van der Waals surface area contributed by atoms with Crippen molar-refractivity contribution < 1.29 is 19.4 Å². The number of hydrogen-bond donors (Lipinski definition) is 1. The lowest BCUT2D eigenvalue weighted by Gasteiger charge is -2.01. The minimum absolute atomic E-state index is 0.0300. The van der Waals surface area contributed by atoms with Crippen molar-refractivity contribution in [2.45, 2.75) is 59.5 Å². The van der Waals surface area contributed by atoms with Crippen LogP contribution in [0, 0.1) is 0 Å². The topological polar surface area (TPSA) is 63.6 Å². The van der Waals surface area contributed by atoms with Crippen LogP contribution in [0.15, 0.2) is 0 Å². The van der Waals surface area contributed by atoms with Crippen LogP contribution in [0.1, 0.15) is 53.4 Å². The van der Waals surface area contributed by atoms with Crippen LogP contribution < -0.4 is 0 Å². The summed E-state index contributed by atoms with van der Waals surface area (Å²) in [5.74, 6) is -0.235. The van der Waals surface area contributed by atoms with Gasteiger partial charge in [-0.15, -0.1) is 0 Å². The molecule has 0 saturated carbocycles. The van der Waals surface area contributed by atoms with Gasteiger partial charge >= 0.3 is 5.97 Å². The van der Waals surface area contributed by atoms with Gasteiger partial charge in [0.05, 0.1) is 13.0 Å². The lowest BCUT2D eigenvalue weighted by atomic mass is 10.2. The van der Waals surface area contributed by atoms with E-state index in [2.05, 4.69) is 0 Å². The van der Waals surface area contributed by atoms with Crippen LogP contribution in [-0.4, -0.2) is 29.6 Å². The quantitative estimate of drug-likeness (QED) is 0.562. The molecule has 0 aliphatic rings. The second-order valence-electron chi connectivity index (χ2n) is 3.87. The number of ether oxygens (including phenoxy) is 1. The fourth-order valence-electron chi connectivity index (χ4n) is 0.681. The SMILES string of the molecule is CC(C)O.CCCCOC(=O)CCC(C)=O. The lowest BCUT2D eigenvalue weighted by Crippen LogP contribution is -2.07. The maximum atomic E-state index is 10.8. The minimum atomic E-state index is -0.265. The summed E-state index contributed by atoms with van der Waals surface area (Å²) in [7, 11) is 0. The minimum Gasteiger partial charge on any atom is -0.466 e. The van der Waals surface area contributed by atoms with Gasteiger partial charge < -0.3 is 14.6 Å². The Hall–Kier alpha value is -0.900. The third kappa shape index (κ3) is 23.2. The van der Waals surface area contributed by atoms with Gasteiger partial charge in [0.25, 0.3) is 0 Å². The number of aliphatic hydroxyl groups excluding tert-OH is 1. The molecule has 0 unspecified atom stereocenters. The summed E-state index contributed by atoms with van der Waals surface area (Å²) in [6.45, 7) is 7.43. The number of hydrogen-bond acceptors (Lipinski definition) is 4. The summed E-state index contributed by atoms with van der Waals surface area (Å²) >= 11 is 0. The summed E-state index contributed by atoms with van der Waals surface area (Å²) < 4.78 is 4.84. The molecule has 0 spiro atoms. The molecule has 0 heterocycles. The summed E-state index contributed by atoms with van der Waals surface area (Å²) in [5.41, 5.74) is 0. The first-order valence-corrected chi connectivity index (χ1v) is 5.73. The molecular formula is C12H24O4. The number of Topliss-reactive ketones (excluding diaryl/α,β-unsaturated/α-hetero) is 1. The van der Waals surface area contributed by atoms with Crippen molar-refractivity contribution in [3.05, 3.63) is 0 Å². The van der Waals surface area contributed by atoms with E-state index >= 15 is 0 Å². The second-order valence-corrected chi connectivity index (χ2v) is 3.87. The van der Waals surface area contributed by atoms with Crippen LogP contribution in [-0.2, 0) is 14.3 Å². The summed E-state index contributed by atoms with van der Waals surface area (Å²) in [6.07, 6.45) is 2.26. The molecule has 0 fully saturated rings. The number of carbonyl (C=O) groups excluding carboxylic acids is 2. The molecule has 0 rings (SSSR count). The van der Waals surface area contributed by atoms with Crippen LogP contribution in [0.5, 0.6) is 0 Å². The van der Waals surface area contributed by atoms with Crippen LogP contribution in [0.2, 0.25) is 0 Å². The Morgan fingerprint density at radius 1 is 1.25 bits per heavy atom. The fraction of sp³-hybridized carbons (Fsp3) is 0.833. The van der Waals surface area contributed by atoms with Crippen LogP contribution in [0.25, 0.3) is 0 Å². The van der Waals surface area contributed by atoms with Crippen molar-refractivity contribution in [1.82, 2.24) is 0 Å². The van der Waals surface area contributed by atoms with Crippen molar-refractivity contribution in [2.24, 2.45) is 0 Å². The molecule has 0 amide bonds. The van der Waals surface area contributed by atoms with E-state index in [4.69, 9.17) is 9.84 Å². The van der Waals surface area contributed by atoms with Crippen LogP contribution in [0.3, 0.4) is 0 Å². The molecule has 0 saturated heterocycles. The Kier molecular flexibility index (Phi) is 13.3. The monoisotopic (exact) mass is 232 g/mol. The molecule has 0 aromatic heterocycles. The van der Waals surface area contributed by atoms with Crippen LogP contribution in [0.4, 0.5) is 0 Å². The van der Waals surface area contributed by atoms with Crippen molar-refractivity contribution in [1.29, 1.82) is 0 Å². The van der Waals surface area contributed by atoms with E-state index in [1.165, 1.54) is 6.92 Å². The third-order valence-electron chi connectivity index (χ3n) is 1.44. The first kappa shape index (κ1) is 17.5. The average Bonchev–Trinajstić information content (AvgIpc) is 2.14. The summed E-state index contributed by atoms with van der Waals surface area (Å²) in [4.78, 5) is 21.3. The Morgan fingerprint density at radius 3 is 2.12 bits per heavy atom. The van der Waals surface area contributed by atoms with Crippen molar-refractivity contribution in [3.8, 4) is 0 Å². The number of rotatable bonds is 6. The molecule has 0 aliphatic heterocycles. The molecular weight excluding hydrogens is 208 g/mol. The maximum absolute atomic E-state index is 10.8. The molecule has 0 atom stereocenters. The normalized spacial score (nSPS) is 9.38. The molecule has 96 valence electrons. The molecule has 4 nitrogen and oxygen atoms in total. The highest BCUT2D eigenvalue weighted by atomic mass is 16.5. The van der Waals surface area contributed by atoms with E-state index in [1.54, 1.807) is 13.8 Å². The highest BCUT2D eigenvalue weighted by molar-refractivity contribution is 5.80. The molecule has 0 aromatic carbocycles. The Morgan fingerprint density at radius 2 is 1.75 bits per heavy atom. The molecule has 0 aliphatic carbocycles. The zero-order chi connectivity index (χ0) is 13.0. The van der Waals surface area contributed by atoms with Crippen molar-refractivity contribution in [2.75, 3.05) is 6.61 Å². The van der Waals surface area contributed by atoms with E-state index in [-0.39, 0.29) is 24.3 Å².